The van der Waals surface area contributed by atoms with Gasteiger partial charge in [-0.1, -0.05) is 55.5 Å². The fraction of sp³-hybridized carbons (Fsp3) is 0.333. The van der Waals surface area contributed by atoms with Crippen LogP contribution < -0.4 is 0 Å². The van der Waals surface area contributed by atoms with Crippen molar-refractivity contribution < 1.29 is 9.63 Å². The van der Waals surface area contributed by atoms with E-state index < -0.39 is 0 Å². The SMILES string of the molecule is C1=CC=CCC=C1.CC.O=C1CC=NO1. The highest BCUT2D eigenvalue weighted by atomic mass is 16.7. The first kappa shape index (κ1) is 13.4. The Morgan fingerprint density at radius 2 is 1.73 bits per heavy atom. The molecule has 0 N–H and O–H groups in total. The van der Waals surface area contributed by atoms with Crippen molar-refractivity contribution in [1.29, 1.82) is 0 Å². The zero-order valence-corrected chi connectivity index (χ0v) is 9.22. The molecule has 1 aliphatic heterocycles. The van der Waals surface area contributed by atoms with Crippen LogP contribution in [0.5, 0.6) is 0 Å². The molecule has 0 aromatic carbocycles. The van der Waals surface area contributed by atoms with Crippen molar-refractivity contribution in [2.75, 3.05) is 0 Å². The number of allylic oxidation sites excluding steroid dienone is 6. The summed E-state index contributed by atoms with van der Waals surface area (Å²) in [5.74, 6) is -0.269. The molecule has 0 spiro atoms. The summed E-state index contributed by atoms with van der Waals surface area (Å²) in [4.78, 5) is 14.0. The van der Waals surface area contributed by atoms with Crippen LogP contribution in [0.15, 0.2) is 41.6 Å². The minimum atomic E-state index is -0.269. The predicted molar refractivity (Wildman–Crippen MR) is 62.6 cm³/mol. The van der Waals surface area contributed by atoms with Gasteiger partial charge in [0, 0.05) is 0 Å². The Morgan fingerprint density at radius 1 is 1.13 bits per heavy atom. The molecule has 2 rings (SSSR count). The molecular formula is C12H17NO2. The normalized spacial score (nSPS) is 15.7. The van der Waals surface area contributed by atoms with Gasteiger partial charge in [0.25, 0.3) is 0 Å². The first-order chi connectivity index (χ1) is 7.39. The van der Waals surface area contributed by atoms with Crippen LogP contribution in [0.3, 0.4) is 0 Å². The van der Waals surface area contributed by atoms with Crippen LogP contribution in [0.4, 0.5) is 0 Å². The molecule has 0 saturated heterocycles. The first-order valence-corrected chi connectivity index (χ1v) is 5.09. The van der Waals surface area contributed by atoms with E-state index in [4.69, 9.17) is 0 Å². The third-order valence-corrected chi connectivity index (χ3v) is 1.36. The molecule has 0 fully saturated rings. The van der Waals surface area contributed by atoms with E-state index in [9.17, 15) is 4.79 Å². The Bertz CT molecular complexity index is 251. The highest BCUT2D eigenvalue weighted by Gasteiger charge is 2.03. The quantitative estimate of drug-likeness (QED) is 0.573. The van der Waals surface area contributed by atoms with Crippen molar-refractivity contribution >= 4 is 12.2 Å². The lowest BCUT2D eigenvalue weighted by Gasteiger charge is -1.75. The Hall–Kier alpha value is -1.64. The van der Waals surface area contributed by atoms with Gasteiger partial charge in [0.2, 0.25) is 0 Å². The van der Waals surface area contributed by atoms with Gasteiger partial charge in [-0.15, -0.1) is 0 Å². The number of hydrogen-bond donors (Lipinski definition) is 0. The Balaban J connectivity index is 0.000000227. The summed E-state index contributed by atoms with van der Waals surface area (Å²) in [6, 6.07) is 0. The Morgan fingerprint density at radius 3 is 2.07 bits per heavy atom. The van der Waals surface area contributed by atoms with Crippen LogP contribution in [0.1, 0.15) is 26.7 Å². The topological polar surface area (TPSA) is 38.7 Å². The van der Waals surface area contributed by atoms with Gasteiger partial charge in [0.1, 0.15) is 0 Å². The maximum Gasteiger partial charge on any atom is 0.340 e. The summed E-state index contributed by atoms with van der Waals surface area (Å²) >= 11 is 0. The molecule has 3 nitrogen and oxygen atoms in total. The van der Waals surface area contributed by atoms with Crippen LogP contribution in [-0.4, -0.2) is 12.2 Å². The minimum absolute atomic E-state index is 0.269. The molecule has 0 unspecified atom stereocenters. The number of carbonyl (C=O) groups excluding carboxylic acids is 1. The van der Waals surface area contributed by atoms with Crippen molar-refractivity contribution in [3.05, 3.63) is 36.5 Å². The fourth-order valence-corrected chi connectivity index (χ4v) is 0.766. The van der Waals surface area contributed by atoms with E-state index >= 15 is 0 Å². The largest absolute Gasteiger partial charge is 0.340 e. The summed E-state index contributed by atoms with van der Waals surface area (Å²) in [5.41, 5.74) is 0. The number of carbonyl (C=O) groups is 1. The smallest absolute Gasteiger partial charge is 0.318 e. The summed E-state index contributed by atoms with van der Waals surface area (Å²) in [6.45, 7) is 4.00. The number of hydrogen-bond acceptors (Lipinski definition) is 3. The molecule has 0 radical (unpaired) electrons. The van der Waals surface area contributed by atoms with Gasteiger partial charge in [0.05, 0.1) is 12.6 Å². The monoisotopic (exact) mass is 207 g/mol. The molecule has 0 bridgehead atoms. The van der Waals surface area contributed by atoms with Crippen molar-refractivity contribution in [3.8, 4) is 0 Å². The fourth-order valence-electron chi connectivity index (χ4n) is 0.766. The van der Waals surface area contributed by atoms with E-state index in [1.165, 1.54) is 6.21 Å². The minimum Gasteiger partial charge on any atom is -0.318 e. The predicted octanol–water partition coefficient (Wildman–Crippen LogP) is 3.00. The highest BCUT2D eigenvalue weighted by molar-refractivity contribution is 5.88. The van der Waals surface area contributed by atoms with Gasteiger partial charge < -0.3 is 4.84 Å². The second kappa shape index (κ2) is 10.4. The lowest BCUT2D eigenvalue weighted by Crippen LogP contribution is -1.88. The highest BCUT2D eigenvalue weighted by Crippen LogP contribution is 1.92. The maximum atomic E-state index is 9.90. The molecule has 1 heterocycles. The van der Waals surface area contributed by atoms with E-state index in [0.717, 1.165) is 6.42 Å². The second-order valence-corrected chi connectivity index (χ2v) is 2.43. The molecule has 0 atom stereocenters. The van der Waals surface area contributed by atoms with Gasteiger partial charge in [-0.3, -0.25) is 0 Å². The zero-order chi connectivity index (χ0) is 11.4. The van der Waals surface area contributed by atoms with Crippen LogP contribution in [0.2, 0.25) is 0 Å². The lowest BCUT2D eigenvalue weighted by molar-refractivity contribution is -0.140. The van der Waals surface area contributed by atoms with Gasteiger partial charge in [-0.2, -0.15) is 0 Å². The molecule has 15 heavy (non-hydrogen) atoms. The molecule has 0 aromatic rings. The van der Waals surface area contributed by atoms with E-state index in [1.807, 2.05) is 26.0 Å². The second-order valence-electron chi connectivity index (χ2n) is 2.43. The van der Waals surface area contributed by atoms with Crippen molar-refractivity contribution in [1.82, 2.24) is 0 Å². The molecule has 0 saturated carbocycles. The zero-order valence-electron chi connectivity index (χ0n) is 9.22. The van der Waals surface area contributed by atoms with Crippen LogP contribution in [-0.2, 0) is 9.63 Å². The van der Waals surface area contributed by atoms with Crippen molar-refractivity contribution in [3.63, 3.8) is 0 Å². The van der Waals surface area contributed by atoms with Gasteiger partial charge in [-0.05, 0) is 6.42 Å². The maximum absolute atomic E-state index is 9.90. The molecule has 0 aromatic heterocycles. The molecular weight excluding hydrogens is 190 g/mol. The molecule has 3 heteroatoms. The summed E-state index contributed by atoms with van der Waals surface area (Å²) < 4.78 is 0. The summed E-state index contributed by atoms with van der Waals surface area (Å²) in [5, 5.41) is 3.19. The van der Waals surface area contributed by atoms with E-state index in [-0.39, 0.29) is 5.97 Å². The standard InChI is InChI=1S/C7H8.C3H3NO2.C2H6/c1-2-4-6-7-5-3-1;5-3-1-2-4-6-3;1-2/h1-6H,7H2;2H,1H2;1-2H3. The lowest BCUT2D eigenvalue weighted by atomic mass is 10.4. The van der Waals surface area contributed by atoms with Crippen LogP contribution in [0, 0.1) is 0 Å². The van der Waals surface area contributed by atoms with Gasteiger partial charge >= 0.3 is 5.97 Å². The molecule has 82 valence electrons. The summed E-state index contributed by atoms with van der Waals surface area (Å²) in [7, 11) is 0. The number of nitrogens with zero attached hydrogens (tertiary/aromatic N) is 1. The number of rotatable bonds is 0. The molecule has 2 aliphatic rings. The van der Waals surface area contributed by atoms with Crippen molar-refractivity contribution in [2.24, 2.45) is 5.16 Å². The summed E-state index contributed by atoms with van der Waals surface area (Å²) in [6.07, 6.45) is 15.3. The van der Waals surface area contributed by atoms with Gasteiger partial charge in [-0.25, -0.2) is 4.79 Å². The first-order valence-electron chi connectivity index (χ1n) is 5.09. The average molecular weight is 207 g/mol. The average Bonchev–Trinajstić information content (AvgIpc) is 2.62. The van der Waals surface area contributed by atoms with Crippen molar-refractivity contribution in [2.45, 2.75) is 26.7 Å². The van der Waals surface area contributed by atoms with Gasteiger partial charge in [0.15, 0.2) is 0 Å². The number of oxime groups is 1. The Kier molecular flexibility index (Phi) is 9.30. The van der Waals surface area contributed by atoms with E-state index in [0.29, 0.717) is 6.42 Å². The third kappa shape index (κ3) is 8.68. The third-order valence-electron chi connectivity index (χ3n) is 1.36. The van der Waals surface area contributed by atoms with Crippen LogP contribution >= 0.6 is 0 Å². The van der Waals surface area contributed by atoms with E-state index in [2.05, 4.69) is 34.3 Å². The van der Waals surface area contributed by atoms with E-state index in [1.54, 1.807) is 0 Å². The van der Waals surface area contributed by atoms with Crippen LogP contribution in [0.25, 0.3) is 0 Å². The Labute approximate surface area is 90.8 Å². The molecule has 1 aliphatic carbocycles. The molecule has 0 amide bonds.